The van der Waals surface area contributed by atoms with E-state index in [0.717, 1.165) is 6.07 Å². The fourth-order valence-electron chi connectivity index (χ4n) is 0.398. The average Bonchev–Trinajstić information content (AvgIpc) is 2.02. The monoisotopic (exact) mass is 223 g/mol. The summed E-state index contributed by atoms with van der Waals surface area (Å²) in [4.78, 5) is 3.09. The molecule has 0 saturated heterocycles. The third kappa shape index (κ3) is 3.41. The topological polar surface area (TPSA) is 12.9 Å². The molecule has 0 saturated carbocycles. The number of nitrogens with zero attached hydrogens (tertiary/aromatic N) is 1. The molecule has 1 aromatic heterocycles. The molecule has 0 unspecified atom stereocenters. The first-order chi connectivity index (χ1) is 5.20. The van der Waals surface area contributed by atoms with E-state index in [1.54, 1.807) is 0 Å². The molecule has 4 heteroatoms. The summed E-state index contributed by atoms with van der Waals surface area (Å²) in [6.07, 6.45) is 1.19. The quantitative estimate of drug-likeness (QED) is 0.617. The van der Waals surface area contributed by atoms with E-state index < -0.39 is 11.8 Å². The summed E-state index contributed by atoms with van der Waals surface area (Å²) in [7, 11) is 0. The Morgan fingerprint density at radius 3 is 2.27 bits per heavy atom. The highest BCUT2D eigenvalue weighted by Crippen LogP contribution is 2.10. The van der Waals surface area contributed by atoms with Crippen LogP contribution in [0.5, 0.6) is 0 Å². The van der Waals surface area contributed by atoms with Gasteiger partial charge in [-0.05, 0) is 22.0 Å². The maximum Gasteiger partial charge on any atom is 0.248 e. The molecular formula is C7H8BrF2N. The SMILES string of the molecule is CC.Fc1cc(Br)cnc1F. The molecule has 1 nitrogen and oxygen atoms in total. The summed E-state index contributed by atoms with van der Waals surface area (Å²) >= 11 is 2.93. The highest BCUT2D eigenvalue weighted by molar-refractivity contribution is 9.10. The van der Waals surface area contributed by atoms with Crippen LogP contribution in [0.4, 0.5) is 8.78 Å². The molecule has 1 heterocycles. The Hall–Kier alpha value is -0.510. The van der Waals surface area contributed by atoms with Crippen LogP contribution in [-0.4, -0.2) is 4.98 Å². The molecule has 0 fully saturated rings. The Morgan fingerprint density at radius 1 is 1.36 bits per heavy atom. The molecule has 1 rings (SSSR count). The van der Waals surface area contributed by atoms with Crippen molar-refractivity contribution in [2.75, 3.05) is 0 Å². The van der Waals surface area contributed by atoms with Crippen molar-refractivity contribution in [3.63, 3.8) is 0 Å². The molecule has 0 aliphatic heterocycles. The van der Waals surface area contributed by atoms with Gasteiger partial charge in [0.2, 0.25) is 5.95 Å². The maximum absolute atomic E-state index is 12.1. The van der Waals surface area contributed by atoms with Crippen LogP contribution in [-0.2, 0) is 0 Å². The first-order valence-corrected chi connectivity index (χ1v) is 3.96. The van der Waals surface area contributed by atoms with Crippen LogP contribution in [0.1, 0.15) is 13.8 Å². The van der Waals surface area contributed by atoms with Gasteiger partial charge in [0.25, 0.3) is 0 Å². The van der Waals surface area contributed by atoms with Crippen molar-refractivity contribution in [3.8, 4) is 0 Å². The standard InChI is InChI=1S/C5H2BrF2N.C2H6/c6-3-1-4(7)5(8)9-2-3;1-2/h1-2H;1-2H3. The summed E-state index contributed by atoms with van der Waals surface area (Å²) in [5.74, 6) is -2.01. The largest absolute Gasteiger partial charge is 0.248 e. The van der Waals surface area contributed by atoms with Gasteiger partial charge in [-0.3, -0.25) is 0 Å². The predicted octanol–water partition coefficient (Wildman–Crippen LogP) is 3.15. The molecule has 0 radical (unpaired) electrons. The van der Waals surface area contributed by atoms with Gasteiger partial charge in [-0.15, -0.1) is 0 Å². The molecule has 0 aromatic carbocycles. The van der Waals surface area contributed by atoms with E-state index in [1.807, 2.05) is 13.8 Å². The van der Waals surface area contributed by atoms with Crippen LogP contribution in [0, 0.1) is 11.8 Å². The summed E-state index contributed by atoms with van der Waals surface area (Å²) in [5, 5.41) is 0. The van der Waals surface area contributed by atoms with E-state index in [0.29, 0.717) is 4.47 Å². The van der Waals surface area contributed by atoms with Crippen molar-refractivity contribution >= 4 is 15.9 Å². The molecule has 0 N–H and O–H groups in total. The fourth-order valence-corrected chi connectivity index (χ4v) is 0.701. The van der Waals surface area contributed by atoms with Gasteiger partial charge in [0.15, 0.2) is 5.82 Å². The summed E-state index contributed by atoms with van der Waals surface area (Å²) in [5.41, 5.74) is 0. The minimum absolute atomic E-state index is 0.432. The van der Waals surface area contributed by atoms with Crippen molar-refractivity contribution in [1.29, 1.82) is 0 Å². The first-order valence-electron chi connectivity index (χ1n) is 3.16. The smallest absolute Gasteiger partial charge is 0.225 e. The molecule has 0 bridgehead atoms. The van der Waals surface area contributed by atoms with Crippen LogP contribution in [0.2, 0.25) is 0 Å². The van der Waals surface area contributed by atoms with Crippen LogP contribution < -0.4 is 0 Å². The lowest BCUT2D eigenvalue weighted by Gasteiger charge is -1.89. The van der Waals surface area contributed by atoms with E-state index in [-0.39, 0.29) is 0 Å². The van der Waals surface area contributed by atoms with Crippen molar-refractivity contribution in [2.24, 2.45) is 0 Å². The van der Waals surface area contributed by atoms with Crippen LogP contribution in [0.25, 0.3) is 0 Å². The lowest BCUT2D eigenvalue weighted by Crippen LogP contribution is -1.86. The van der Waals surface area contributed by atoms with Gasteiger partial charge in [-0.25, -0.2) is 9.37 Å². The minimum atomic E-state index is -1.07. The van der Waals surface area contributed by atoms with Crippen molar-refractivity contribution in [3.05, 3.63) is 28.5 Å². The third-order valence-corrected chi connectivity index (χ3v) is 1.20. The van der Waals surface area contributed by atoms with Crippen LogP contribution >= 0.6 is 15.9 Å². The van der Waals surface area contributed by atoms with E-state index in [9.17, 15) is 8.78 Å². The first kappa shape index (κ1) is 10.5. The number of halogens is 3. The van der Waals surface area contributed by atoms with E-state index in [1.165, 1.54) is 6.20 Å². The second-order valence-corrected chi connectivity index (χ2v) is 2.34. The lowest BCUT2D eigenvalue weighted by atomic mass is 10.5. The zero-order valence-corrected chi connectivity index (χ0v) is 7.82. The average molecular weight is 224 g/mol. The van der Waals surface area contributed by atoms with Crippen molar-refractivity contribution in [2.45, 2.75) is 13.8 Å². The van der Waals surface area contributed by atoms with E-state index in [2.05, 4.69) is 20.9 Å². The predicted molar refractivity (Wildman–Crippen MR) is 43.2 cm³/mol. The van der Waals surface area contributed by atoms with Crippen molar-refractivity contribution in [1.82, 2.24) is 4.98 Å². The number of aromatic nitrogens is 1. The Balaban J connectivity index is 0.000000461. The van der Waals surface area contributed by atoms with E-state index in [4.69, 9.17) is 0 Å². The highest BCUT2D eigenvalue weighted by Gasteiger charge is 2.00. The molecule has 11 heavy (non-hydrogen) atoms. The van der Waals surface area contributed by atoms with Gasteiger partial charge in [-0.1, -0.05) is 13.8 Å². The number of pyridine rings is 1. The van der Waals surface area contributed by atoms with Gasteiger partial charge in [0.1, 0.15) is 0 Å². The Bertz CT molecular complexity index is 228. The van der Waals surface area contributed by atoms with Crippen LogP contribution in [0.3, 0.4) is 0 Å². The molecule has 0 aliphatic rings. The molecule has 0 atom stereocenters. The Labute approximate surface area is 72.6 Å². The Morgan fingerprint density at radius 2 is 1.91 bits per heavy atom. The molecule has 62 valence electrons. The summed E-state index contributed by atoms with van der Waals surface area (Å²) < 4.78 is 24.5. The second-order valence-electron chi connectivity index (χ2n) is 1.43. The molecule has 0 aliphatic carbocycles. The highest BCUT2D eigenvalue weighted by atomic mass is 79.9. The number of hydrogen-bond acceptors (Lipinski definition) is 1. The summed E-state index contributed by atoms with van der Waals surface area (Å²) in [6.45, 7) is 4.00. The van der Waals surface area contributed by atoms with Gasteiger partial charge in [0.05, 0.1) is 0 Å². The zero-order chi connectivity index (χ0) is 8.85. The van der Waals surface area contributed by atoms with Gasteiger partial charge in [-0.2, -0.15) is 4.39 Å². The normalized spacial score (nSPS) is 8.45. The molecule has 1 aromatic rings. The minimum Gasteiger partial charge on any atom is -0.225 e. The number of hydrogen-bond donors (Lipinski definition) is 0. The molecule has 0 spiro atoms. The van der Waals surface area contributed by atoms with Crippen molar-refractivity contribution < 1.29 is 8.78 Å². The zero-order valence-electron chi connectivity index (χ0n) is 6.24. The van der Waals surface area contributed by atoms with Gasteiger partial charge in [0, 0.05) is 10.7 Å². The third-order valence-electron chi connectivity index (χ3n) is 0.763. The second kappa shape index (κ2) is 5.18. The maximum atomic E-state index is 12.1. The molecule has 0 amide bonds. The lowest BCUT2D eigenvalue weighted by molar-refractivity contribution is 0.478. The molecular weight excluding hydrogens is 216 g/mol. The Kier molecular flexibility index (Phi) is 4.94. The van der Waals surface area contributed by atoms with E-state index >= 15 is 0 Å². The van der Waals surface area contributed by atoms with Crippen LogP contribution in [0.15, 0.2) is 16.7 Å². The summed E-state index contributed by atoms with van der Waals surface area (Å²) in [6, 6.07) is 1.02. The fraction of sp³-hybridized carbons (Fsp3) is 0.286. The van der Waals surface area contributed by atoms with Gasteiger partial charge < -0.3 is 0 Å². The van der Waals surface area contributed by atoms with Gasteiger partial charge >= 0.3 is 0 Å². The number of rotatable bonds is 0.